The predicted octanol–water partition coefficient (Wildman–Crippen LogP) is 2.47. The second kappa shape index (κ2) is 11.1. The first kappa shape index (κ1) is 21.4. The van der Waals surface area contributed by atoms with Crippen molar-refractivity contribution >= 4 is 29.9 Å². The van der Waals surface area contributed by atoms with Crippen LogP contribution in [0.1, 0.15) is 18.4 Å². The van der Waals surface area contributed by atoms with Crippen LogP contribution in [0.2, 0.25) is 0 Å². The van der Waals surface area contributed by atoms with E-state index in [1.165, 1.54) is 24.8 Å². The van der Waals surface area contributed by atoms with Crippen molar-refractivity contribution in [3.63, 3.8) is 0 Å². The van der Waals surface area contributed by atoms with Gasteiger partial charge in [0.1, 0.15) is 0 Å². The van der Waals surface area contributed by atoms with Crippen molar-refractivity contribution in [1.29, 1.82) is 0 Å². The zero-order chi connectivity index (χ0) is 17.5. The molecule has 1 aromatic carbocycles. The number of halogens is 1. The summed E-state index contributed by atoms with van der Waals surface area (Å²) in [5.74, 6) is 1.81. The van der Waals surface area contributed by atoms with Crippen LogP contribution in [0.25, 0.3) is 0 Å². The molecule has 2 aliphatic rings. The fraction of sp³-hybridized carbons (Fsp3) is 0.650. The highest BCUT2D eigenvalue weighted by Gasteiger charge is 2.23. The number of ether oxygens (including phenoxy) is 1. The lowest BCUT2D eigenvalue weighted by atomic mass is 9.90. The molecule has 6 heteroatoms. The number of piperidine rings is 1. The Bertz CT molecular complexity index is 546. The zero-order valence-corrected chi connectivity index (χ0v) is 18.4. The van der Waals surface area contributed by atoms with Gasteiger partial charge in [-0.1, -0.05) is 30.3 Å². The molecule has 1 N–H and O–H groups in total. The quantitative estimate of drug-likeness (QED) is 0.416. The van der Waals surface area contributed by atoms with E-state index in [1.807, 2.05) is 7.05 Å². The number of benzene rings is 1. The van der Waals surface area contributed by atoms with E-state index in [-0.39, 0.29) is 30.1 Å². The van der Waals surface area contributed by atoms with Crippen LogP contribution < -0.4 is 5.32 Å². The molecule has 2 fully saturated rings. The summed E-state index contributed by atoms with van der Waals surface area (Å²) in [6.07, 6.45) is 3.92. The molecule has 0 radical (unpaired) electrons. The highest BCUT2D eigenvalue weighted by atomic mass is 127. The number of nitrogens with one attached hydrogen (secondary N) is 1. The molecule has 1 unspecified atom stereocenters. The minimum absolute atomic E-state index is 0. The van der Waals surface area contributed by atoms with Crippen LogP contribution >= 0.6 is 24.0 Å². The molecule has 1 aromatic rings. The van der Waals surface area contributed by atoms with E-state index < -0.39 is 0 Å². The molecule has 0 amide bonds. The molecule has 3 rings (SSSR count). The van der Waals surface area contributed by atoms with Crippen molar-refractivity contribution in [3.8, 4) is 0 Å². The maximum absolute atomic E-state index is 5.84. The van der Waals surface area contributed by atoms with Gasteiger partial charge in [-0.3, -0.25) is 4.99 Å². The number of aliphatic imine (C=N–C) groups is 1. The van der Waals surface area contributed by atoms with Crippen molar-refractivity contribution in [2.24, 2.45) is 10.9 Å². The zero-order valence-electron chi connectivity index (χ0n) is 16.1. The van der Waals surface area contributed by atoms with Crippen molar-refractivity contribution in [1.82, 2.24) is 15.1 Å². The highest BCUT2D eigenvalue weighted by Crippen LogP contribution is 2.21. The second-order valence-electron chi connectivity index (χ2n) is 7.30. The maximum atomic E-state index is 5.84. The Morgan fingerprint density at radius 2 is 1.92 bits per heavy atom. The number of morpholine rings is 1. The molecule has 0 saturated carbocycles. The number of likely N-dealkylation sites (N-methyl/N-ethyl adjacent to an activating group) is 1. The lowest BCUT2D eigenvalue weighted by Crippen LogP contribution is -2.51. The van der Waals surface area contributed by atoms with Crippen molar-refractivity contribution < 1.29 is 4.74 Å². The first-order chi connectivity index (χ1) is 12.2. The van der Waals surface area contributed by atoms with Crippen LogP contribution in [0.5, 0.6) is 0 Å². The topological polar surface area (TPSA) is 40.1 Å². The summed E-state index contributed by atoms with van der Waals surface area (Å²) < 4.78 is 5.84. The van der Waals surface area contributed by atoms with Crippen molar-refractivity contribution in [2.75, 3.05) is 53.4 Å². The maximum Gasteiger partial charge on any atom is 0.193 e. The summed E-state index contributed by atoms with van der Waals surface area (Å²) in [7, 11) is 4.04. The Morgan fingerprint density at radius 1 is 1.19 bits per heavy atom. The van der Waals surface area contributed by atoms with Gasteiger partial charge in [0.2, 0.25) is 0 Å². The average Bonchev–Trinajstić information content (AvgIpc) is 2.64. The van der Waals surface area contributed by atoms with Gasteiger partial charge < -0.3 is 19.9 Å². The molecule has 0 spiro atoms. The monoisotopic (exact) mass is 472 g/mol. The van der Waals surface area contributed by atoms with E-state index in [2.05, 4.69) is 57.5 Å². The molecule has 1 atom stereocenters. The molecule has 0 aliphatic carbocycles. The molecule has 2 aliphatic heterocycles. The third-order valence-electron chi connectivity index (χ3n) is 5.32. The summed E-state index contributed by atoms with van der Waals surface area (Å²) in [4.78, 5) is 9.21. The minimum atomic E-state index is 0. The van der Waals surface area contributed by atoms with Gasteiger partial charge in [0, 0.05) is 39.8 Å². The van der Waals surface area contributed by atoms with Crippen molar-refractivity contribution in [2.45, 2.75) is 25.4 Å². The predicted molar refractivity (Wildman–Crippen MR) is 118 cm³/mol. The molecule has 2 heterocycles. The van der Waals surface area contributed by atoms with Gasteiger partial charge in [-0.2, -0.15) is 0 Å². The van der Waals surface area contributed by atoms with Crippen LogP contribution in [0.4, 0.5) is 0 Å². The summed E-state index contributed by atoms with van der Waals surface area (Å²) >= 11 is 0. The number of likely N-dealkylation sites (tertiary alicyclic amines) is 1. The van der Waals surface area contributed by atoms with Gasteiger partial charge >= 0.3 is 0 Å². The van der Waals surface area contributed by atoms with Crippen LogP contribution in [0.15, 0.2) is 35.3 Å². The van der Waals surface area contributed by atoms with E-state index >= 15 is 0 Å². The van der Waals surface area contributed by atoms with Crippen LogP contribution in [-0.2, 0) is 11.2 Å². The Hall–Kier alpha value is -0.860. The molecule has 0 aromatic heterocycles. The normalized spacial score (nSPS) is 22.8. The first-order valence-electron chi connectivity index (χ1n) is 9.54. The summed E-state index contributed by atoms with van der Waals surface area (Å²) in [6, 6.07) is 10.9. The molecule has 2 saturated heterocycles. The SMILES string of the molecule is CN=C(NCC1CN(C)CCO1)N1CCC(Cc2ccccc2)CC1.I. The van der Waals surface area contributed by atoms with Gasteiger partial charge in [0.25, 0.3) is 0 Å². The van der Waals surface area contributed by atoms with E-state index in [1.54, 1.807) is 0 Å². The molecular weight excluding hydrogens is 439 g/mol. The molecule has 146 valence electrons. The fourth-order valence-electron chi connectivity index (χ4n) is 3.82. The molecule has 0 bridgehead atoms. The van der Waals surface area contributed by atoms with E-state index in [4.69, 9.17) is 4.74 Å². The summed E-state index contributed by atoms with van der Waals surface area (Å²) in [5.41, 5.74) is 1.46. The second-order valence-corrected chi connectivity index (χ2v) is 7.30. The Labute approximate surface area is 175 Å². The fourth-order valence-corrected chi connectivity index (χ4v) is 3.82. The largest absolute Gasteiger partial charge is 0.374 e. The molecule has 5 nitrogen and oxygen atoms in total. The lowest BCUT2D eigenvalue weighted by molar-refractivity contribution is -0.0164. The number of nitrogens with zero attached hydrogens (tertiary/aromatic N) is 3. The average molecular weight is 472 g/mol. The van der Waals surface area contributed by atoms with Crippen LogP contribution in [0, 0.1) is 5.92 Å². The molecular formula is C20H33IN4O. The molecule has 26 heavy (non-hydrogen) atoms. The van der Waals surface area contributed by atoms with E-state index in [0.717, 1.165) is 51.2 Å². The third-order valence-corrected chi connectivity index (χ3v) is 5.32. The lowest BCUT2D eigenvalue weighted by Gasteiger charge is -2.35. The van der Waals surface area contributed by atoms with E-state index in [0.29, 0.717) is 0 Å². The Balaban J connectivity index is 0.00000243. The van der Waals surface area contributed by atoms with Gasteiger partial charge in [-0.15, -0.1) is 24.0 Å². The Kier molecular flexibility index (Phi) is 9.15. The van der Waals surface area contributed by atoms with Crippen LogP contribution in [0.3, 0.4) is 0 Å². The summed E-state index contributed by atoms with van der Waals surface area (Å²) in [6.45, 7) is 5.85. The number of guanidine groups is 1. The van der Waals surface area contributed by atoms with Crippen LogP contribution in [-0.4, -0.2) is 75.3 Å². The first-order valence-corrected chi connectivity index (χ1v) is 9.54. The van der Waals surface area contributed by atoms with E-state index in [9.17, 15) is 0 Å². The van der Waals surface area contributed by atoms with Gasteiger partial charge in [0.05, 0.1) is 12.7 Å². The standard InChI is InChI=1S/C20H32N4O.HI/c1-21-20(22-15-19-16-23(2)12-13-25-19)24-10-8-18(9-11-24)14-17-6-4-3-5-7-17;/h3-7,18-19H,8-16H2,1-2H3,(H,21,22);1H. The summed E-state index contributed by atoms with van der Waals surface area (Å²) in [5, 5.41) is 3.52. The minimum Gasteiger partial charge on any atom is -0.374 e. The number of hydrogen-bond acceptors (Lipinski definition) is 3. The smallest absolute Gasteiger partial charge is 0.193 e. The third kappa shape index (κ3) is 6.39. The van der Waals surface area contributed by atoms with Gasteiger partial charge in [0.15, 0.2) is 5.96 Å². The van der Waals surface area contributed by atoms with Crippen molar-refractivity contribution in [3.05, 3.63) is 35.9 Å². The number of rotatable bonds is 4. The van der Waals surface area contributed by atoms with Gasteiger partial charge in [-0.25, -0.2) is 0 Å². The number of hydrogen-bond donors (Lipinski definition) is 1. The Morgan fingerprint density at radius 3 is 2.58 bits per heavy atom. The van der Waals surface area contributed by atoms with Gasteiger partial charge in [-0.05, 0) is 37.8 Å². The highest BCUT2D eigenvalue weighted by molar-refractivity contribution is 14.0.